The summed E-state index contributed by atoms with van der Waals surface area (Å²) in [4.78, 5) is 18.7. The lowest BCUT2D eigenvalue weighted by molar-refractivity contribution is 0.0864. The van der Waals surface area contributed by atoms with Crippen molar-refractivity contribution in [3.8, 4) is 5.75 Å². The maximum atomic E-state index is 12.5. The number of halogens is 1. The van der Waals surface area contributed by atoms with E-state index in [1.807, 2.05) is 26.2 Å². The molecular formula is C21H24ClN5O2. The number of guanidine groups is 1. The first-order chi connectivity index (χ1) is 13.8. The van der Waals surface area contributed by atoms with E-state index in [1.54, 1.807) is 18.2 Å². The number of nitrogens with zero attached hydrogens (tertiary/aromatic N) is 2. The summed E-state index contributed by atoms with van der Waals surface area (Å²) in [5.74, 6) is -0.173. The molecule has 0 unspecified atom stereocenters. The Morgan fingerprint density at radius 2 is 1.90 bits per heavy atom. The van der Waals surface area contributed by atoms with Crippen molar-refractivity contribution in [2.45, 2.75) is 13.2 Å². The lowest BCUT2D eigenvalue weighted by Crippen LogP contribution is -2.38. The standard InChI is InChI=1S/C21H24ClN5O2/c1-26(2)11-13-5-4-6-14(9-13)12-29-18-8-7-16(22)15-10-17(25-19(15)18)20(28)27(3)21(23)24/h4-10,25H,11-12H2,1-3H3,(H3,23,24). The van der Waals surface area contributed by atoms with Crippen molar-refractivity contribution in [1.29, 1.82) is 5.41 Å². The number of ether oxygens (including phenoxy) is 1. The zero-order valence-electron chi connectivity index (χ0n) is 16.6. The van der Waals surface area contributed by atoms with Gasteiger partial charge in [-0.15, -0.1) is 0 Å². The monoisotopic (exact) mass is 413 g/mol. The highest BCUT2D eigenvalue weighted by molar-refractivity contribution is 6.35. The van der Waals surface area contributed by atoms with Crippen LogP contribution in [0.3, 0.4) is 0 Å². The maximum Gasteiger partial charge on any atom is 0.276 e. The van der Waals surface area contributed by atoms with Crippen LogP contribution in [0.15, 0.2) is 42.5 Å². The smallest absolute Gasteiger partial charge is 0.276 e. The van der Waals surface area contributed by atoms with Crippen molar-refractivity contribution in [1.82, 2.24) is 14.8 Å². The first-order valence-corrected chi connectivity index (χ1v) is 9.42. The number of aromatic amines is 1. The lowest BCUT2D eigenvalue weighted by Gasteiger charge is -2.13. The molecule has 0 saturated carbocycles. The van der Waals surface area contributed by atoms with Gasteiger partial charge >= 0.3 is 0 Å². The molecular weight excluding hydrogens is 390 g/mol. The molecule has 3 rings (SSSR count). The van der Waals surface area contributed by atoms with Crippen molar-refractivity contribution in [2.75, 3.05) is 21.1 Å². The summed E-state index contributed by atoms with van der Waals surface area (Å²) in [6, 6.07) is 13.4. The molecule has 0 aliphatic carbocycles. The second kappa shape index (κ2) is 8.55. The normalized spacial score (nSPS) is 11.1. The third kappa shape index (κ3) is 4.70. The second-order valence-corrected chi connectivity index (χ2v) is 7.52. The summed E-state index contributed by atoms with van der Waals surface area (Å²) < 4.78 is 6.03. The average Bonchev–Trinajstić information content (AvgIpc) is 3.12. The first-order valence-electron chi connectivity index (χ1n) is 9.05. The van der Waals surface area contributed by atoms with Gasteiger partial charge < -0.3 is 20.4 Å². The van der Waals surface area contributed by atoms with E-state index in [0.717, 1.165) is 17.0 Å². The summed E-state index contributed by atoms with van der Waals surface area (Å²) in [6.45, 7) is 1.23. The molecule has 0 atom stereocenters. The first kappa shape index (κ1) is 20.7. The number of fused-ring (bicyclic) bond motifs is 1. The van der Waals surface area contributed by atoms with Crippen LogP contribution in [0, 0.1) is 5.41 Å². The zero-order valence-corrected chi connectivity index (χ0v) is 17.4. The molecule has 1 heterocycles. The van der Waals surface area contributed by atoms with Gasteiger partial charge in [0, 0.05) is 19.0 Å². The molecule has 0 fully saturated rings. The van der Waals surface area contributed by atoms with E-state index in [9.17, 15) is 4.79 Å². The van der Waals surface area contributed by atoms with Gasteiger partial charge in [-0.3, -0.25) is 15.1 Å². The minimum Gasteiger partial charge on any atom is -0.487 e. The molecule has 8 heteroatoms. The number of carbonyl (C=O) groups is 1. The van der Waals surface area contributed by atoms with Crippen LogP contribution in [0.2, 0.25) is 5.02 Å². The number of carbonyl (C=O) groups excluding carboxylic acids is 1. The van der Waals surface area contributed by atoms with E-state index >= 15 is 0 Å². The number of amides is 1. The van der Waals surface area contributed by atoms with Gasteiger partial charge in [0.2, 0.25) is 0 Å². The van der Waals surface area contributed by atoms with Gasteiger partial charge in [-0.05, 0) is 43.4 Å². The fourth-order valence-corrected chi connectivity index (χ4v) is 3.24. The van der Waals surface area contributed by atoms with E-state index in [2.05, 4.69) is 22.0 Å². The van der Waals surface area contributed by atoms with Crippen LogP contribution in [0.25, 0.3) is 10.9 Å². The van der Waals surface area contributed by atoms with Gasteiger partial charge in [0.1, 0.15) is 18.1 Å². The van der Waals surface area contributed by atoms with Gasteiger partial charge in [0.25, 0.3) is 5.91 Å². The average molecular weight is 414 g/mol. The van der Waals surface area contributed by atoms with Gasteiger partial charge in [0.15, 0.2) is 5.96 Å². The number of nitrogens with two attached hydrogens (primary N) is 1. The molecule has 4 N–H and O–H groups in total. The molecule has 29 heavy (non-hydrogen) atoms. The van der Waals surface area contributed by atoms with Crippen LogP contribution in [0.5, 0.6) is 5.75 Å². The largest absolute Gasteiger partial charge is 0.487 e. The van der Waals surface area contributed by atoms with Crippen LogP contribution in [0.1, 0.15) is 21.6 Å². The third-order valence-electron chi connectivity index (χ3n) is 4.48. The molecule has 3 aromatic rings. The molecule has 1 amide bonds. The number of aromatic nitrogens is 1. The second-order valence-electron chi connectivity index (χ2n) is 7.11. The van der Waals surface area contributed by atoms with Crippen molar-refractivity contribution in [3.05, 3.63) is 64.3 Å². The van der Waals surface area contributed by atoms with Crippen molar-refractivity contribution in [2.24, 2.45) is 5.73 Å². The highest BCUT2D eigenvalue weighted by Crippen LogP contribution is 2.32. The third-order valence-corrected chi connectivity index (χ3v) is 4.81. The Morgan fingerprint density at radius 3 is 2.59 bits per heavy atom. The zero-order chi connectivity index (χ0) is 21.1. The number of hydrogen-bond donors (Lipinski definition) is 3. The predicted molar refractivity (Wildman–Crippen MR) is 115 cm³/mol. The van der Waals surface area contributed by atoms with E-state index in [0.29, 0.717) is 28.3 Å². The Balaban J connectivity index is 1.86. The van der Waals surface area contributed by atoms with Crippen LogP contribution >= 0.6 is 11.6 Å². The quantitative estimate of drug-likeness (QED) is 0.426. The number of hydrogen-bond acceptors (Lipinski definition) is 4. The van der Waals surface area contributed by atoms with Crippen molar-refractivity contribution < 1.29 is 9.53 Å². The van der Waals surface area contributed by atoms with E-state index in [1.165, 1.54) is 12.6 Å². The summed E-state index contributed by atoms with van der Waals surface area (Å²) in [7, 11) is 5.50. The maximum absolute atomic E-state index is 12.5. The van der Waals surface area contributed by atoms with Crippen LogP contribution in [-0.2, 0) is 13.2 Å². The highest BCUT2D eigenvalue weighted by Gasteiger charge is 2.19. The molecule has 0 aliphatic heterocycles. The van der Waals surface area contributed by atoms with Gasteiger partial charge in [-0.2, -0.15) is 0 Å². The highest BCUT2D eigenvalue weighted by atomic mass is 35.5. The van der Waals surface area contributed by atoms with E-state index in [4.69, 9.17) is 27.5 Å². The van der Waals surface area contributed by atoms with Gasteiger partial charge in [-0.1, -0.05) is 35.9 Å². The van der Waals surface area contributed by atoms with Crippen LogP contribution in [0.4, 0.5) is 0 Å². The van der Waals surface area contributed by atoms with Gasteiger partial charge in [-0.25, -0.2) is 0 Å². The fraction of sp³-hybridized carbons (Fsp3) is 0.238. The summed E-state index contributed by atoms with van der Waals surface area (Å²) in [5.41, 5.74) is 8.57. The van der Waals surface area contributed by atoms with Gasteiger partial charge in [0.05, 0.1) is 10.5 Å². The Morgan fingerprint density at radius 1 is 1.17 bits per heavy atom. The minimum atomic E-state index is -0.424. The fourth-order valence-electron chi connectivity index (χ4n) is 3.03. The van der Waals surface area contributed by atoms with E-state index < -0.39 is 5.91 Å². The predicted octanol–water partition coefficient (Wildman–Crippen LogP) is 3.43. The number of H-pyrrole nitrogens is 1. The van der Waals surface area contributed by atoms with Crippen molar-refractivity contribution in [3.63, 3.8) is 0 Å². The Kier molecular flexibility index (Phi) is 6.10. The summed E-state index contributed by atoms with van der Waals surface area (Å²) in [6.07, 6.45) is 0. The van der Waals surface area contributed by atoms with Crippen LogP contribution in [-0.4, -0.2) is 47.8 Å². The molecule has 0 radical (unpaired) electrons. The SMILES string of the molecule is CN(C)Cc1cccc(COc2ccc(Cl)c3cc(C(=O)N(C)C(=N)N)[nH]c23)c1. The Bertz CT molecular complexity index is 1060. The minimum absolute atomic E-state index is 0.281. The molecule has 0 bridgehead atoms. The van der Waals surface area contributed by atoms with Crippen LogP contribution < -0.4 is 10.5 Å². The Hall–Kier alpha value is -3.03. The molecule has 152 valence electrons. The molecule has 0 saturated heterocycles. The Labute approximate surface area is 174 Å². The molecule has 7 nitrogen and oxygen atoms in total. The van der Waals surface area contributed by atoms with Crippen molar-refractivity contribution >= 4 is 34.4 Å². The number of rotatable bonds is 6. The molecule has 0 spiro atoms. The molecule has 1 aromatic heterocycles. The summed E-state index contributed by atoms with van der Waals surface area (Å²) >= 11 is 6.30. The molecule has 0 aliphatic rings. The lowest BCUT2D eigenvalue weighted by atomic mass is 10.1. The van der Waals surface area contributed by atoms with E-state index in [-0.39, 0.29) is 11.7 Å². The number of benzene rings is 2. The topological polar surface area (TPSA) is 98.4 Å². The summed E-state index contributed by atoms with van der Waals surface area (Å²) in [5, 5.41) is 8.61. The molecule has 2 aromatic carbocycles. The number of nitrogens with one attached hydrogen (secondary N) is 2.